The van der Waals surface area contributed by atoms with Crippen molar-refractivity contribution in [1.29, 1.82) is 0 Å². The molecule has 0 spiro atoms. The van der Waals surface area contributed by atoms with Crippen LogP contribution in [-0.2, 0) is 4.79 Å². The number of thiocarbonyl (C=S) groups is 1. The minimum absolute atomic E-state index is 0.118. The summed E-state index contributed by atoms with van der Waals surface area (Å²) in [6.07, 6.45) is 0. The van der Waals surface area contributed by atoms with E-state index in [-0.39, 0.29) is 17.6 Å². The van der Waals surface area contributed by atoms with Gasteiger partial charge in [0.25, 0.3) is 5.91 Å². The lowest BCUT2D eigenvalue weighted by atomic mass is 10.1. The number of halogens is 1. The lowest BCUT2D eigenvalue weighted by Crippen LogP contribution is -2.37. The number of carbonyl (C=O) groups is 1. The minimum Gasteiger partial charge on any atom is -0.483 e. The molecule has 4 nitrogen and oxygen atoms in total. The van der Waals surface area contributed by atoms with Gasteiger partial charge in [0.05, 0.1) is 10.7 Å². The van der Waals surface area contributed by atoms with Crippen LogP contribution in [0.15, 0.2) is 30.3 Å². The summed E-state index contributed by atoms with van der Waals surface area (Å²) in [4.78, 5) is 12.0. The normalized spacial score (nSPS) is 10.3. The molecule has 0 heterocycles. The number of aryl methyl sites for hydroxylation is 4. The Balaban J connectivity index is 1.92. The molecule has 0 atom stereocenters. The number of carbonyl (C=O) groups excluding carboxylic acids is 1. The van der Waals surface area contributed by atoms with E-state index in [1.165, 1.54) is 0 Å². The fraction of sp³-hybridized carbons (Fsp3) is 0.263. The van der Waals surface area contributed by atoms with Crippen LogP contribution in [-0.4, -0.2) is 17.6 Å². The first-order valence-corrected chi connectivity index (χ1v) is 8.62. The number of nitrogens with one attached hydrogen (secondary N) is 2. The second-order valence-corrected chi connectivity index (χ2v) is 6.81. The van der Waals surface area contributed by atoms with Gasteiger partial charge in [-0.05, 0) is 74.3 Å². The summed E-state index contributed by atoms with van der Waals surface area (Å²) < 4.78 is 5.57. The van der Waals surface area contributed by atoms with E-state index in [0.717, 1.165) is 22.3 Å². The summed E-state index contributed by atoms with van der Waals surface area (Å²) in [5.74, 6) is 0.353. The lowest BCUT2D eigenvalue weighted by molar-refractivity contribution is -0.121. The molecule has 0 aromatic heterocycles. The first-order chi connectivity index (χ1) is 11.8. The molecule has 0 saturated heterocycles. The molecule has 25 heavy (non-hydrogen) atoms. The topological polar surface area (TPSA) is 50.4 Å². The summed E-state index contributed by atoms with van der Waals surface area (Å²) in [6.45, 7) is 7.68. The Morgan fingerprint density at radius 2 is 1.80 bits per heavy atom. The summed E-state index contributed by atoms with van der Waals surface area (Å²) in [6, 6.07) is 9.67. The Hall–Kier alpha value is -2.11. The summed E-state index contributed by atoms with van der Waals surface area (Å²) in [5.41, 5.74) is 4.75. The van der Waals surface area contributed by atoms with E-state index >= 15 is 0 Å². The number of rotatable bonds is 4. The molecular formula is C19H21ClN2O2S. The lowest BCUT2D eigenvalue weighted by Gasteiger charge is -2.14. The number of anilines is 1. The quantitative estimate of drug-likeness (QED) is 0.773. The smallest absolute Gasteiger partial charge is 0.264 e. The Kier molecular flexibility index (Phi) is 6.39. The van der Waals surface area contributed by atoms with Crippen LogP contribution in [0.3, 0.4) is 0 Å². The highest BCUT2D eigenvalue weighted by Gasteiger charge is 2.11. The molecule has 0 aliphatic rings. The SMILES string of the molecule is Cc1cc(C)c(NC(=S)NC(=O)COc2cc(C)ccc2C)c(Cl)c1. The van der Waals surface area contributed by atoms with Crippen LogP contribution < -0.4 is 15.4 Å². The molecule has 132 valence electrons. The maximum atomic E-state index is 12.0. The highest BCUT2D eigenvalue weighted by atomic mass is 35.5. The Bertz CT molecular complexity index is 798. The molecule has 0 radical (unpaired) electrons. The molecule has 2 rings (SSSR count). The van der Waals surface area contributed by atoms with Gasteiger partial charge in [-0.1, -0.05) is 29.8 Å². The van der Waals surface area contributed by atoms with Gasteiger partial charge in [-0.25, -0.2) is 0 Å². The number of hydrogen-bond acceptors (Lipinski definition) is 3. The van der Waals surface area contributed by atoms with Crippen molar-refractivity contribution in [2.75, 3.05) is 11.9 Å². The molecule has 0 unspecified atom stereocenters. The van der Waals surface area contributed by atoms with Crippen LogP contribution >= 0.6 is 23.8 Å². The van der Waals surface area contributed by atoms with Gasteiger partial charge in [-0.3, -0.25) is 10.1 Å². The van der Waals surface area contributed by atoms with Crippen molar-refractivity contribution < 1.29 is 9.53 Å². The third-order valence-corrected chi connectivity index (χ3v) is 4.13. The zero-order valence-corrected chi connectivity index (χ0v) is 16.3. The fourth-order valence-corrected chi connectivity index (χ4v) is 2.97. The summed E-state index contributed by atoms with van der Waals surface area (Å²) in [7, 11) is 0. The molecule has 2 N–H and O–H groups in total. The molecule has 0 bridgehead atoms. The monoisotopic (exact) mass is 376 g/mol. The van der Waals surface area contributed by atoms with Gasteiger partial charge in [0.1, 0.15) is 5.75 Å². The van der Waals surface area contributed by atoms with Crippen molar-refractivity contribution in [3.05, 3.63) is 57.6 Å². The first-order valence-electron chi connectivity index (χ1n) is 7.84. The second-order valence-electron chi connectivity index (χ2n) is 6.00. The van der Waals surface area contributed by atoms with Gasteiger partial charge < -0.3 is 10.1 Å². The number of ether oxygens (including phenoxy) is 1. The largest absolute Gasteiger partial charge is 0.483 e. The number of benzene rings is 2. The van der Waals surface area contributed by atoms with Crippen LogP contribution in [0, 0.1) is 27.7 Å². The summed E-state index contributed by atoms with van der Waals surface area (Å²) >= 11 is 11.4. The van der Waals surface area contributed by atoms with E-state index in [4.69, 9.17) is 28.6 Å². The molecule has 2 aromatic carbocycles. The van der Waals surface area contributed by atoms with Crippen molar-refractivity contribution in [2.45, 2.75) is 27.7 Å². The number of hydrogen-bond donors (Lipinski definition) is 2. The molecule has 0 aliphatic carbocycles. The molecule has 6 heteroatoms. The number of amides is 1. The van der Waals surface area contributed by atoms with Crippen LogP contribution in [0.4, 0.5) is 5.69 Å². The molecule has 0 fully saturated rings. The van der Waals surface area contributed by atoms with Crippen molar-refractivity contribution in [3.8, 4) is 5.75 Å². The molecule has 0 aliphatic heterocycles. The maximum Gasteiger partial charge on any atom is 0.264 e. The van der Waals surface area contributed by atoms with Gasteiger partial charge in [-0.2, -0.15) is 0 Å². The van der Waals surface area contributed by atoms with Gasteiger partial charge in [0, 0.05) is 0 Å². The average Bonchev–Trinajstić information content (AvgIpc) is 2.51. The fourth-order valence-electron chi connectivity index (χ4n) is 2.39. The highest BCUT2D eigenvalue weighted by Crippen LogP contribution is 2.27. The Morgan fingerprint density at radius 3 is 2.48 bits per heavy atom. The predicted molar refractivity (Wildman–Crippen MR) is 107 cm³/mol. The minimum atomic E-state index is -0.334. The zero-order chi connectivity index (χ0) is 18.6. The van der Waals surface area contributed by atoms with E-state index in [2.05, 4.69) is 10.6 Å². The van der Waals surface area contributed by atoms with E-state index in [1.807, 2.05) is 58.0 Å². The molecule has 1 amide bonds. The first kappa shape index (κ1) is 19.2. The van der Waals surface area contributed by atoms with Crippen molar-refractivity contribution in [2.24, 2.45) is 0 Å². The van der Waals surface area contributed by atoms with Gasteiger partial charge in [-0.15, -0.1) is 0 Å². The Morgan fingerprint density at radius 1 is 1.08 bits per heavy atom. The van der Waals surface area contributed by atoms with Crippen molar-refractivity contribution in [1.82, 2.24) is 5.32 Å². The van der Waals surface area contributed by atoms with E-state index < -0.39 is 0 Å². The molecule has 2 aromatic rings. The van der Waals surface area contributed by atoms with Crippen molar-refractivity contribution in [3.63, 3.8) is 0 Å². The van der Waals surface area contributed by atoms with E-state index in [9.17, 15) is 4.79 Å². The van der Waals surface area contributed by atoms with E-state index in [0.29, 0.717) is 16.5 Å². The van der Waals surface area contributed by atoms with Crippen LogP contribution in [0.2, 0.25) is 5.02 Å². The van der Waals surface area contributed by atoms with Crippen LogP contribution in [0.5, 0.6) is 5.75 Å². The van der Waals surface area contributed by atoms with Gasteiger partial charge in [0.15, 0.2) is 11.7 Å². The third-order valence-electron chi connectivity index (χ3n) is 3.63. The zero-order valence-electron chi connectivity index (χ0n) is 14.7. The second kappa shape index (κ2) is 8.32. The standard InChI is InChI=1S/C19H21ClN2O2S/c1-11-5-6-13(3)16(9-11)24-10-17(23)21-19(25)22-18-14(4)7-12(2)8-15(18)20/h5-9H,10H2,1-4H3,(H2,21,22,23,25). The van der Waals surface area contributed by atoms with E-state index in [1.54, 1.807) is 0 Å². The van der Waals surface area contributed by atoms with Gasteiger partial charge in [0.2, 0.25) is 0 Å². The Labute approximate surface area is 158 Å². The van der Waals surface area contributed by atoms with Crippen molar-refractivity contribution >= 4 is 40.5 Å². The predicted octanol–water partition coefficient (Wildman–Crippen LogP) is 4.47. The van der Waals surface area contributed by atoms with Gasteiger partial charge >= 0.3 is 0 Å². The molecule has 0 saturated carbocycles. The summed E-state index contributed by atoms with van der Waals surface area (Å²) in [5, 5.41) is 6.31. The van der Waals surface area contributed by atoms with Crippen LogP contribution in [0.1, 0.15) is 22.3 Å². The maximum absolute atomic E-state index is 12.0. The molecular weight excluding hydrogens is 356 g/mol. The third kappa shape index (κ3) is 5.44. The highest BCUT2D eigenvalue weighted by molar-refractivity contribution is 7.80. The van der Waals surface area contributed by atoms with Crippen LogP contribution in [0.25, 0.3) is 0 Å². The average molecular weight is 377 g/mol.